The third kappa shape index (κ3) is 1.46. The summed E-state index contributed by atoms with van der Waals surface area (Å²) in [5, 5.41) is 38.5. The SMILES string of the molecule is O=c1oc2cc(O)c(O)cc2c2c(O)ccc(O)c12. The fraction of sp³-hybridized carbons (Fsp3) is 0. The zero-order chi connectivity index (χ0) is 13.7. The van der Waals surface area contributed by atoms with E-state index in [0.29, 0.717) is 0 Å². The van der Waals surface area contributed by atoms with Gasteiger partial charge >= 0.3 is 5.63 Å². The van der Waals surface area contributed by atoms with Gasteiger partial charge in [-0.3, -0.25) is 0 Å². The minimum Gasteiger partial charge on any atom is -0.507 e. The number of benzene rings is 2. The van der Waals surface area contributed by atoms with Crippen molar-refractivity contribution < 1.29 is 24.8 Å². The van der Waals surface area contributed by atoms with Gasteiger partial charge in [-0.2, -0.15) is 0 Å². The highest BCUT2D eigenvalue weighted by molar-refractivity contribution is 6.10. The number of phenolic OH excluding ortho intramolecular Hbond substituents is 4. The first-order valence-electron chi connectivity index (χ1n) is 5.32. The molecule has 4 N–H and O–H groups in total. The van der Waals surface area contributed by atoms with E-state index in [9.17, 15) is 25.2 Å². The molecular formula is C13H8O6. The van der Waals surface area contributed by atoms with Crippen LogP contribution in [0.15, 0.2) is 33.5 Å². The Morgan fingerprint density at radius 3 is 2.05 bits per heavy atom. The maximum atomic E-state index is 11.8. The molecule has 2 aromatic carbocycles. The van der Waals surface area contributed by atoms with Crippen LogP contribution in [0.1, 0.15) is 0 Å². The van der Waals surface area contributed by atoms with Crippen LogP contribution in [0.3, 0.4) is 0 Å². The van der Waals surface area contributed by atoms with Crippen LogP contribution in [0.2, 0.25) is 0 Å². The second kappa shape index (κ2) is 3.55. The van der Waals surface area contributed by atoms with Gasteiger partial charge in [0.15, 0.2) is 11.5 Å². The Kier molecular flexibility index (Phi) is 2.10. The van der Waals surface area contributed by atoms with Gasteiger partial charge in [-0.1, -0.05) is 0 Å². The maximum absolute atomic E-state index is 11.8. The predicted octanol–water partition coefficient (Wildman–Crippen LogP) is 1.77. The highest BCUT2D eigenvalue weighted by atomic mass is 16.4. The molecule has 0 bridgehead atoms. The van der Waals surface area contributed by atoms with Gasteiger partial charge in [-0.15, -0.1) is 0 Å². The Balaban J connectivity index is 2.70. The lowest BCUT2D eigenvalue weighted by Gasteiger charge is -2.07. The molecule has 0 aliphatic rings. The minimum atomic E-state index is -0.846. The predicted molar refractivity (Wildman–Crippen MR) is 66.6 cm³/mol. The lowest BCUT2D eigenvalue weighted by molar-refractivity contribution is 0.403. The van der Waals surface area contributed by atoms with Crippen molar-refractivity contribution in [1.82, 2.24) is 0 Å². The zero-order valence-corrected chi connectivity index (χ0v) is 9.41. The average Bonchev–Trinajstić information content (AvgIpc) is 2.35. The van der Waals surface area contributed by atoms with Gasteiger partial charge in [0.25, 0.3) is 0 Å². The smallest absolute Gasteiger partial charge is 0.348 e. The summed E-state index contributed by atoms with van der Waals surface area (Å²) in [5.41, 5.74) is -0.852. The fourth-order valence-electron chi connectivity index (χ4n) is 2.05. The van der Waals surface area contributed by atoms with Gasteiger partial charge in [0, 0.05) is 16.8 Å². The quantitative estimate of drug-likeness (QED) is 0.212. The second-order valence-corrected chi connectivity index (χ2v) is 4.08. The van der Waals surface area contributed by atoms with Crippen LogP contribution in [-0.4, -0.2) is 20.4 Å². The lowest BCUT2D eigenvalue weighted by atomic mass is 10.1. The van der Waals surface area contributed by atoms with Crippen molar-refractivity contribution in [3.05, 3.63) is 34.7 Å². The minimum absolute atomic E-state index is 0.00583. The van der Waals surface area contributed by atoms with Crippen molar-refractivity contribution >= 4 is 21.7 Å². The van der Waals surface area contributed by atoms with E-state index in [1.54, 1.807) is 0 Å². The molecule has 0 fully saturated rings. The van der Waals surface area contributed by atoms with Crippen LogP contribution in [0.5, 0.6) is 23.0 Å². The monoisotopic (exact) mass is 260 g/mol. The van der Waals surface area contributed by atoms with Crippen molar-refractivity contribution in [2.24, 2.45) is 0 Å². The van der Waals surface area contributed by atoms with Crippen molar-refractivity contribution in [1.29, 1.82) is 0 Å². The van der Waals surface area contributed by atoms with Gasteiger partial charge in [-0.05, 0) is 18.2 Å². The summed E-state index contributed by atoms with van der Waals surface area (Å²) in [5.74, 6) is -1.45. The molecule has 0 saturated carbocycles. The average molecular weight is 260 g/mol. The van der Waals surface area contributed by atoms with Gasteiger partial charge in [-0.25, -0.2) is 4.79 Å². The fourth-order valence-corrected chi connectivity index (χ4v) is 2.05. The largest absolute Gasteiger partial charge is 0.507 e. The van der Waals surface area contributed by atoms with Crippen LogP contribution in [0, 0.1) is 0 Å². The van der Waals surface area contributed by atoms with Gasteiger partial charge in [0.1, 0.15) is 22.5 Å². The van der Waals surface area contributed by atoms with E-state index in [0.717, 1.165) is 12.1 Å². The molecule has 0 aliphatic heterocycles. The van der Waals surface area contributed by atoms with Gasteiger partial charge < -0.3 is 24.8 Å². The first-order valence-corrected chi connectivity index (χ1v) is 5.32. The highest BCUT2D eigenvalue weighted by Crippen LogP contribution is 2.38. The van der Waals surface area contributed by atoms with E-state index >= 15 is 0 Å². The first-order chi connectivity index (χ1) is 8.99. The van der Waals surface area contributed by atoms with E-state index < -0.39 is 17.1 Å². The number of hydrogen-bond donors (Lipinski definition) is 4. The maximum Gasteiger partial charge on any atom is 0.348 e. The molecule has 0 atom stereocenters. The van der Waals surface area contributed by atoms with E-state index in [2.05, 4.69) is 0 Å². The molecule has 0 amide bonds. The van der Waals surface area contributed by atoms with Crippen LogP contribution in [0.25, 0.3) is 21.7 Å². The Hall–Kier alpha value is -2.89. The van der Waals surface area contributed by atoms with Crippen molar-refractivity contribution in [2.75, 3.05) is 0 Å². The molecule has 0 unspecified atom stereocenters. The summed E-state index contributed by atoms with van der Waals surface area (Å²) in [6.45, 7) is 0. The lowest BCUT2D eigenvalue weighted by Crippen LogP contribution is -2.00. The number of aromatic hydroxyl groups is 4. The van der Waals surface area contributed by atoms with Crippen LogP contribution in [0.4, 0.5) is 0 Å². The van der Waals surface area contributed by atoms with E-state index in [-0.39, 0.29) is 33.2 Å². The summed E-state index contributed by atoms with van der Waals surface area (Å²) in [6.07, 6.45) is 0. The number of phenols is 4. The molecular weight excluding hydrogens is 252 g/mol. The van der Waals surface area contributed by atoms with Crippen molar-refractivity contribution in [3.8, 4) is 23.0 Å². The third-order valence-corrected chi connectivity index (χ3v) is 2.91. The van der Waals surface area contributed by atoms with Gasteiger partial charge in [0.2, 0.25) is 0 Å². The topological polar surface area (TPSA) is 111 Å². The molecule has 6 heteroatoms. The first kappa shape index (κ1) is 11.2. The van der Waals surface area contributed by atoms with Crippen LogP contribution >= 0.6 is 0 Å². The van der Waals surface area contributed by atoms with Gasteiger partial charge in [0.05, 0.1) is 0 Å². The molecule has 0 saturated heterocycles. The molecule has 19 heavy (non-hydrogen) atoms. The van der Waals surface area contributed by atoms with Crippen LogP contribution < -0.4 is 5.63 Å². The molecule has 6 nitrogen and oxygen atoms in total. The zero-order valence-electron chi connectivity index (χ0n) is 9.41. The Bertz CT molecular complexity index is 878. The Labute approximate surface area is 105 Å². The van der Waals surface area contributed by atoms with E-state index in [1.807, 2.05) is 0 Å². The molecule has 1 aromatic heterocycles. The second-order valence-electron chi connectivity index (χ2n) is 4.08. The number of rotatable bonds is 0. The van der Waals surface area contributed by atoms with E-state index in [4.69, 9.17) is 4.42 Å². The van der Waals surface area contributed by atoms with Crippen molar-refractivity contribution in [2.45, 2.75) is 0 Å². The molecule has 0 aliphatic carbocycles. The molecule has 1 heterocycles. The molecule has 96 valence electrons. The standard InChI is InChI=1S/C13H8O6/c14-6-1-2-7(15)12-11(6)5-3-8(16)9(17)4-10(5)19-13(12)18/h1-4,14-17H. The Morgan fingerprint density at radius 1 is 0.789 bits per heavy atom. The van der Waals surface area contributed by atoms with E-state index in [1.165, 1.54) is 12.1 Å². The summed E-state index contributed by atoms with van der Waals surface area (Å²) < 4.78 is 4.95. The molecule has 3 aromatic rings. The molecule has 3 rings (SSSR count). The van der Waals surface area contributed by atoms with Crippen molar-refractivity contribution in [3.63, 3.8) is 0 Å². The third-order valence-electron chi connectivity index (χ3n) is 2.91. The van der Waals surface area contributed by atoms with Crippen LogP contribution in [-0.2, 0) is 0 Å². The number of fused-ring (bicyclic) bond motifs is 3. The molecule has 0 radical (unpaired) electrons. The highest BCUT2D eigenvalue weighted by Gasteiger charge is 2.16. The molecule has 0 spiro atoms. The summed E-state index contributed by atoms with van der Waals surface area (Å²) in [4.78, 5) is 11.8. The summed E-state index contributed by atoms with van der Waals surface area (Å²) in [6, 6.07) is 4.60. The summed E-state index contributed by atoms with van der Waals surface area (Å²) >= 11 is 0. The normalized spacial score (nSPS) is 11.2. The summed E-state index contributed by atoms with van der Waals surface area (Å²) in [7, 11) is 0. The Morgan fingerprint density at radius 2 is 1.37 bits per heavy atom. The number of hydrogen-bond acceptors (Lipinski definition) is 6.